The molecule has 0 amide bonds. The number of nitrogens with zero attached hydrogens (tertiary/aromatic N) is 1. The molecule has 18 heavy (non-hydrogen) atoms. The molecule has 1 aliphatic rings. The highest BCUT2D eigenvalue weighted by Crippen LogP contribution is 2.37. The summed E-state index contributed by atoms with van der Waals surface area (Å²) in [7, 11) is 0. The molecule has 2 N–H and O–H groups in total. The van der Waals surface area contributed by atoms with Crippen molar-refractivity contribution in [1.82, 2.24) is 15.5 Å². The third-order valence-corrected chi connectivity index (χ3v) is 3.68. The molecule has 1 aromatic heterocycles. The smallest absolute Gasteiger partial charge is 0.309 e. The summed E-state index contributed by atoms with van der Waals surface area (Å²) in [5, 5.41) is 9.69. The zero-order valence-electron chi connectivity index (χ0n) is 10.3. The second kappa shape index (κ2) is 5.30. The highest BCUT2D eigenvalue weighted by molar-refractivity contribution is 5.14. The van der Waals surface area contributed by atoms with E-state index in [0.717, 1.165) is 17.7 Å². The minimum Gasteiger partial charge on any atom is -0.309 e. The summed E-state index contributed by atoms with van der Waals surface area (Å²) in [5.41, 5.74) is 1.84. The zero-order chi connectivity index (χ0) is 13.2. The van der Waals surface area contributed by atoms with E-state index in [2.05, 4.69) is 15.5 Å². The normalized spacial score (nSPS) is 25.3. The molecule has 1 saturated carbocycles. The van der Waals surface area contributed by atoms with Crippen LogP contribution < -0.4 is 5.32 Å². The Kier molecular flexibility index (Phi) is 3.94. The second-order valence-corrected chi connectivity index (χ2v) is 4.94. The molecule has 3 nitrogen and oxygen atoms in total. The van der Waals surface area contributed by atoms with Crippen LogP contribution in [0, 0.1) is 12.8 Å². The maximum Gasteiger partial charge on any atom is 0.393 e. The average molecular weight is 261 g/mol. The summed E-state index contributed by atoms with van der Waals surface area (Å²) in [4.78, 5) is 0. The van der Waals surface area contributed by atoms with Crippen LogP contribution in [0.15, 0.2) is 6.20 Å². The Labute approximate surface area is 104 Å². The molecule has 1 aliphatic carbocycles. The molecule has 102 valence electrons. The maximum absolute atomic E-state index is 12.9. The number of nitrogens with one attached hydrogen (secondary N) is 2. The lowest BCUT2D eigenvalue weighted by molar-refractivity contribution is -0.189. The molecule has 2 atom stereocenters. The first-order valence-corrected chi connectivity index (χ1v) is 6.27. The van der Waals surface area contributed by atoms with Crippen LogP contribution in [-0.4, -0.2) is 22.4 Å². The van der Waals surface area contributed by atoms with E-state index in [1.807, 2.05) is 6.92 Å². The lowest BCUT2D eigenvalue weighted by atomic mass is 9.84. The van der Waals surface area contributed by atoms with E-state index in [-0.39, 0.29) is 6.42 Å². The van der Waals surface area contributed by atoms with Crippen LogP contribution in [0.2, 0.25) is 0 Å². The number of alkyl halides is 3. The van der Waals surface area contributed by atoms with Crippen molar-refractivity contribution in [3.8, 4) is 0 Å². The minimum absolute atomic E-state index is 0.242. The number of aromatic amines is 1. The molecule has 1 fully saturated rings. The highest BCUT2D eigenvalue weighted by atomic mass is 19.4. The van der Waals surface area contributed by atoms with Crippen LogP contribution in [0.5, 0.6) is 0 Å². The van der Waals surface area contributed by atoms with Gasteiger partial charge in [-0.1, -0.05) is 12.8 Å². The Bertz CT molecular complexity index is 386. The van der Waals surface area contributed by atoms with Crippen LogP contribution >= 0.6 is 0 Å². The zero-order valence-corrected chi connectivity index (χ0v) is 10.3. The van der Waals surface area contributed by atoms with E-state index in [0.29, 0.717) is 19.4 Å². The molecular weight excluding hydrogens is 243 g/mol. The fourth-order valence-corrected chi connectivity index (χ4v) is 2.56. The van der Waals surface area contributed by atoms with Gasteiger partial charge in [-0.25, -0.2) is 0 Å². The SMILES string of the molecule is Cc1[nH]ncc1CN[C@@H]1CCCC[C@@H]1C(F)(F)F. The van der Waals surface area contributed by atoms with Gasteiger partial charge in [-0.2, -0.15) is 18.3 Å². The van der Waals surface area contributed by atoms with Crippen LogP contribution in [0.3, 0.4) is 0 Å². The molecule has 0 spiro atoms. The van der Waals surface area contributed by atoms with Gasteiger partial charge in [0.15, 0.2) is 0 Å². The average Bonchev–Trinajstić information content (AvgIpc) is 2.71. The molecule has 1 heterocycles. The fourth-order valence-electron chi connectivity index (χ4n) is 2.56. The molecule has 0 bridgehead atoms. The van der Waals surface area contributed by atoms with E-state index in [4.69, 9.17) is 0 Å². The lowest BCUT2D eigenvalue weighted by Crippen LogP contribution is -2.45. The van der Waals surface area contributed by atoms with Gasteiger partial charge in [-0.3, -0.25) is 5.10 Å². The first-order chi connectivity index (χ1) is 8.48. The number of aromatic nitrogens is 2. The summed E-state index contributed by atoms with van der Waals surface area (Å²) in [5.74, 6) is -1.21. The van der Waals surface area contributed by atoms with E-state index in [1.165, 1.54) is 0 Å². The van der Waals surface area contributed by atoms with Gasteiger partial charge in [0.2, 0.25) is 0 Å². The monoisotopic (exact) mass is 261 g/mol. The van der Waals surface area contributed by atoms with Crippen molar-refractivity contribution in [2.24, 2.45) is 5.92 Å². The third-order valence-electron chi connectivity index (χ3n) is 3.68. The lowest BCUT2D eigenvalue weighted by Gasteiger charge is -2.33. The molecule has 0 aromatic carbocycles. The van der Waals surface area contributed by atoms with Crippen LogP contribution in [0.25, 0.3) is 0 Å². The molecule has 0 unspecified atom stereocenters. The minimum atomic E-state index is -4.09. The van der Waals surface area contributed by atoms with Gasteiger partial charge in [0.05, 0.1) is 12.1 Å². The van der Waals surface area contributed by atoms with Gasteiger partial charge in [0.1, 0.15) is 0 Å². The summed E-state index contributed by atoms with van der Waals surface area (Å²) < 4.78 is 38.6. The summed E-state index contributed by atoms with van der Waals surface area (Å²) >= 11 is 0. The molecule has 6 heteroatoms. The maximum atomic E-state index is 12.9. The van der Waals surface area contributed by atoms with E-state index < -0.39 is 18.1 Å². The number of hydrogen-bond donors (Lipinski definition) is 2. The second-order valence-electron chi connectivity index (χ2n) is 4.94. The number of rotatable bonds is 3. The quantitative estimate of drug-likeness (QED) is 0.878. The summed E-state index contributed by atoms with van der Waals surface area (Å²) in [6.45, 7) is 2.31. The molecule has 0 radical (unpaired) electrons. The topological polar surface area (TPSA) is 40.7 Å². The van der Waals surface area contributed by atoms with Gasteiger partial charge in [-0.15, -0.1) is 0 Å². The molecular formula is C12H18F3N3. The summed E-state index contributed by atoms with van der Waals surface area (Å²) in [6, 6.07) is -0.465. The Balaban J connectivity index is 1.96. The predicted octanol–water partition coefficient (Wildman–Crippen LogP) is 2.93. The largest absolute Gasteiger partial charge is 0.393 e. The number of H-pyrrole nitrogens is 1. The van der Waals surface area contributed by atoms with Crippen molar-refractivity contribution in [3.05, 3.63) is 17.5 Å². The van der Waals surface area contributed by atoms with E-state index in [9.17, 15) is 13.2 Å². The Morgan fingerprint density at radius 3 is 2.72 bits per heavy atom. The molecule has 1 aromatic rings. The summed E-state index contributed by atoms with van der Waals surface area (Å²) in [6.07, 6.45) is -0.0500. The predicted molar refractivity (Wildman–Crippen MR) is 62.0 cm³/mol. The Morgan fingerprint density at radius 1 is 1.39 bits per heavy atom. The first-order valence-electron chi connectivity index (χ1n) is 6.27. The highest BCUT2D eigenvalue weighted by Gasteiger charge is 2.45. The van der Waals surface area contributed by atoms with Crippen molar-refractivity contribution < 1.29 is 13.2 Å². The van der Waals surface area contributed by atoms with Crippen molar-refractivity contribution >= 4 is 0 Å². The van der Waals surface area contributed by atoms with E-state index in [1.54, 1.807) is 6.20 Å². The number of aryl methyl sites for hydroxylation is 1. The van der Waals surface area contributed by atoms with E-state index >= 15 is 0 Å². The molecule has 2 rings (SSSR count). The van der Waals surface area contributed by atoms with Gasteiger partial charge in [-0.05, 0) is 19.8 Å². The van der Waals surface area contributed by atoms with Crippen LogP contribution in [0.4, 0.5) is 13.2 Å². The fraction of sp³-hybridized carbons (Fsp3) is 0.750. The third kappa shape index (κ3) is 3.04. The van der Waals surface area contributed by atoms with Gasteiger partial charge in [0.25, 0.3) is 0 Å². The van der Waals surface area contributed by atoms with Crippen LogP contribution in [0.1, 0.15) is 36.9 Å². The van der Waals surface area contributed by atoms with Crippen molar-refractivity contribution in [3.63, 3.8) is 0 Å². The number of halogens is 3. The standard InChI is InChI=1S/C12H18F3N3/c1-8-9(7-17-18-8)6-16-11-5-3-2-4-10(11)12(13,14)15/h7,10-11,16H,2-6H2,1H3,(H,17,18)/t10-,11+/m0/s1. The molecule has 0 saturated heterocycles. The Hall–Kier alpha value is -1.04. The van der Waals surface area contributed by atoms with Gasteiger partial charge in [0, 0.05) is 23.8 Å². The van der Waals surface area contributed by atoms with Gasteiger partial charge < -0.3 is 5.32 Å². The van der Waals surface area contributed by atoms with Crippen molar-refractivity contribution in [2.75, 3.05) is 0 Å². The van der Waals surface area contributed by atoms with Crippen molar-refractivity contribution in [1.29, 1.82) is 0 Å². The van der Waals surface area contributed by atoms with Crippen LogP contribution in [-0.2, 0) is 6.54 Å². The number of hydrogen-bond acceptors (Lipinski definition) is 2. The first kappa shape index (κ1) is 13.4. The Morgan fingerprint density at radius 2 is 2.11 bits per heavy atom. The van der Waals surface area contributed by atoms with Crippen molar-refractivity contribution in [2.45, 2.75) is 51.4 Å². The molecule has 0 aliphatic heterocycles. The van der Waals surface area contributed by atoms with Gasteiger partial charge >= 0.3 is 6.18 Å².